The highest BCUT2D eigenvalue weighted by molar-refractivity contribution is 9.10. The highest BCUT2D eigenvalue weighted by atomic mass is 79.9. The van der Waals surface area contributed by atoms with Gasteiger partial charge in [-0.1, -0.05) is 34.1 Å². The Morgan fingerprint density at radius 1 is 1.12 bits per heavy atom. The number of halogens is 1. The Kier molecular flexibility index (Phi) is 6.44. The molecule has 0 unspecified atom stereocenters. The van der Waals surface area contributed by atoms with E-state index in [1.165, 1.54) is 6.08 Å². The number of hydrogen-bond acceptors (Lipinski definition) is 3. The molecule has 0 saturated heterocycles. The van der Waals surface area contributed by atoms with Gasteiger partial charge in [0.1, 0.15) is 0 Å². The van der Waals surface area contributed by atoms with Crippen LogP contribution in [0.1, 0.15) is 16.7 Å². The molecule has 0 aliphatic heterocycles. The number of aryl methyl sites for hydroxylation is 1. The first-order valence-corrected chi connectivity index (χ1v) is 8.25. The van der Waals surface area contributed by atoms with Gasteiger partial charge < -0.3 is 14.8 Å². The molecule has 0 aliphatic carbocycles. The summed E-state index contributed by atoms with van der Waals surface area (Å²) < 4.78 is 11.4. The molecule has 0 spiro atoms. The Morgan fingerprint density at radius 3 is 2.54 bits per heavy atom. The zero-order valence-corrected chi connectivity index (χ0v) is 15.5. The van der Waals surface area contributed by atoms with Crippen LogP contribution in [-0.4, -0.2) is 20.1 Å². The average Bonchev–Trinajstić information content (AvgIpc) is 2.58. The largest absolute Gasteiger partial charge is 0.493 e. The van der Waals surface area contributed by atoms with Crippen molar-refractivity contribution in [3.8, 4) is 11.5 Å². The fourth-order valence-electron chi connectivity index (χ4n) is 2.17. The lowest BCUT2D eigenvalue weighted by atomic mass is 10.1. The zero-order valence-electron chi connectivity index (χ0n) is 13.9. The van der Waals surface area contributed by atoms with Gasteiger partial charge in [0.05, 0.1) is 14.2 Å². The first-order chi connectivity index (χ1) is 11.5. The average molecular weight is 390 g/mol. The van der Waals surface area contributed by atoms with Crippen LogP contribution in [0.25, 0.3) is 6.08 Å². The van der Waals surface area contributed by atoms with Crippen molar-refractivity contribution in [3.05, 3.63) is 63.6 Å². The standard InChI is InChI=1S/C19H20BrNO3/c1-13-4-6-15(16(20)10-13)7-9-19(22)21-12-14-5-8-17(23-2)18(11-14)24-3/h4-11H,12H2,1-3H3,(H,21,22)/b9-7+. The maximum Gasteiger partial charge on any atom is 0.244 e. The molecule has 5 heteroatoms. The van der Waals surface area contributed by atoms with Crippen LogP contribution in [0.5, 0.6) is 11.5 Å². The maximum absolute atomic E-state index is 12.0. The number of carbonyl (C=O) groups is 1. The molecule has 1 N–H and O–H groups in total. The van der Waals surface area contributed by atoms with Gasteiger partial charge >= 0.3 is 0 Å². The number of ether oxygens (including phenoxy) is 2. The van der Waals surface area contributed by atoms with E-state index in [2.05, 4.69) is 21.2 Å². The van der Waals surface area contributed by atoms with Crippen LogP contribution < -0.4 is 14.8 Å². The molecule has 0 aliphatic rings. The second kappa shape index (κ2) is 8.55. The van der Waals surface area contributed by atoms with Crippen LogP contribution in [0.4, 0.5) is 0 Å². The van der Waals surface area contributed by atoms with Gasteiger partial charge in [-0.15, -0.1) is 0 Å². The number of hydrogen-bond donors (Lipinski definition) is 1. The Bertz CT molecular complexity index is 756. The molecule has 0 atom stereocenters. The third-order valence-electron chi connectivity index (χ3n) is 3.48. The van der Waals surface area contributed by atoms with Crippen molar-refractivity contribution < 1.29 is 14.3 Å². The molecule has 2 aromatic rings. The van der Waals surface area contributed by atoms with Crippen LogP contribution in [0.15, 0.2) is 46.9 Å². The van der Waals surface area contributed by atoms with Gasteiger partial charge in [0.25, 0.3) is 0 Å². The molecule has 0 heterocycles. The lowest BCUT2D eigenvalue weighted by Gasteiger charge is -2.09. The summed E-state index contributed by atoms with van der Waals surface area (Å²) in [5.74, 6) is 1.15. The van der Waals surface area contributed by atoms with Crippen LogP contribution in [0, 0.1) is 6.92 Å². The molecule has 1 amide bonds. The van der Waals surface area contributed by atoms with Gasteiger partial charge in [-0.05, 0) is 47.9 Å². The van der Waals surface area contributed by atoms with Gasteiger partial charge in [-0.2, -0.15) is 0 Å². The summed E-state index contributed by atoms with van der Waals surface area (Å²) >= 11 is 3.49. The van der Waals surface area contributed by atoms with E-state index in [0.717, 1.165) is 21.2 Å². The Labute approximate surface area is 150 Å². The highest BCUT2D eigenvalue weighted by Crippen LogP contribution is 2.27. The maximum atomic E-state index is 12.0. The van der Waals surface area contributed by atoms with Gasteiger partial charge in [0, 0.05) is 17.1 Å². The molecule has 2 rings (SSSR count). The Hall–Kier alpha value is -2.27. The van der Waals surface area contributed by atoms with Crippen molar-refractivity contribution >= 4 is 27.9 Å². The molecule has 4 nitrogen and oxygen atoms in total. The van der Waals surface area contributed by atoms with E-state index in [1.807, 2.05) is 43.3 Å². The monoisotopic (exact) mass is 389 g/mol. The Morgan fingerprint density at radius 2 is 1.88 bits per heavy atom. The zero-order chi connectivity index (χ0) is 17.5. The van der Waals surface area contributed by atoms with Gasteiger partial charge in [0.15, 0.2) is 11.5 Å². The van der Waals surface area contributed by atoms with Crippen molar-refractivity contribution in [2.24, 2.45) is 0 Å². The molecule has 0 fully saturated rings. The van der Waals surface area contributed by atoms with Crippen LogP contribution in [0.2, 0.25) is 0 Å². The van der Waals surface area contributed by atoms with E-state index in [9.17, 15) is 4.79 Å². The third-order valence-corrected chi connectivity index (χ3v) is 4.17. The SMILES string of the molecule is COc1ccc(CNC(=O)/C=C/c2ccc(C)cc2Br)cc1OC. The number of benzene rings is 2. The molecule has 0 aromatic heterocycles. The van der Waals surface area contributed by atoms with Crippen molar-refractivity contribution in [2.45, 2.75) is 13.5 Å². The highest BCUT2D eigenvalue weighted by Gasteiger charge is 2.05. The predicted molar refractivity (Wildman–Crippen MR) is 99.3 cm³/mol. The van der Waals surface area contributed by atoms with E-state index >= 15 is 0 Å². The van der Waals surface area contributed by atoms with Crippen LogP contribution in [-0.2, 0) is 11.3 Å². The minimum absolute atomic E-state index is 0.155. The summed E-state index contributed by atoms with van der Waals surface area (Å²) in [6, 6.07) is 11.5. The van der Waals surface area contributed by atoms with Crippen molar-refractivity contribution in [1.82, 2.24) is 5.32 Å². The topological polar surface area (TPSA) is 47.6 Å². The summed E-state index contributed by atoms with van der Waals surface area (Å²) in [6.07, 6.45) is 3.31. The van der Waals surface area contributed by atoms with Crippen molar-refractivity contribution in [2.75, 3.05) is 14.2 Å². The first-order valence-electron chi connectivity index (χ1n) is 7.46. The Balaban J connectivity index is 1.97. The van der Waals surface area contributed by atoms with Crippen LogP contribution >= 0.6 is 15.9 Å². The number of rotatable bonds is 6. The number of amides is 1. The number of nitrogens with one attached hydrogen (secondary N) is 1. The predicted octanol–water partition coefficient (Wildman–Crippen LogP) is 4.10. The number of carbonyl (C=O) groups excluding carboxylic acids is 1. The quantitative estimate of drug-likeness (QED) is 0.756. The van der Waals surface area contributed by atoms with E-state index in [0.29, 0.717) is 18.0 Å². The molecule has 2 aromatic carbocycles. The summed E-state index contributed by atoms with van der Waals surface area (Å²) in [5, 5.41) is 2.85. The van der Waals surface area contributed by atoms with E-state index in [4.69, 9.17) is 9.47 Å². The van der Waals surface area contributed by atoms with E-state index in [-0.39, 0.29) is 5.91 Å². The fraction of sp³-hybridized carbons (Fsp3) is 0.211. The number of methoxy groups -OCH3 is 2. The van der Waals surface area contributed by atoms with E-state index < -0.39 is 0 Å². The van der Waals surface area contributed by atoms with Crippen LogP contribution in [0.3, 0.4) is 0 Å². The molecule has 126 valence electrons. The molecule has 24 heavy (non-hydrogen) atoms. The van der Waals surface area contributed by atoms with E-state index in [1.54, 1.807) is 20.3 Å². The van der Waals surface area contributed by atoms with Crippen molar-refractivity contribution in [1.29, 1.82) is 0 Å². The fourth-order valence-corrected chi connectivity index (χ4v) is 2.80. The molecule has 0 radical (unpaired) electrons. The first kappa shape index (κ1) is 18.1. The molecular formula is C19H20BrNO3. The minimum Gasteiger partial charge on any atom is -0.493 e. The van der Waals surface area contributed by atoms with Crippen molar-refractivity contribution in [3.63, 3.8) is 0 Å². The normalized spacial score (nSPS) is 10.7. The smallest absolute Gasteiger partial charge is 0.244 e. The third kappa shape index (κ3) is 4.86. The van der Waals surface area contributed by atoms with Gasteiger partial charge in [0.2, 0.25) is 5.91 Å². The summed E-state index contributed by atoms with van der Waals surface area (Å²) in [7, 11) is 3.18. The molecule has 0 bridgehead atoms. The summed E-state index contributed by atoms with van der Waals surface area (Å²) in [4.78, 5) is 12.0. The lowest BCUT2D eigenvalue weighted by molar-refractivity contribution is -0.116. The second-order valence-corrected chi connectivity index (χ2v) is 6.12. The molecular weight excluding hydrogens is 370 g/mol. The van der Waals surface area contributed by atoms with Gasteiger partial charge in [-0.3, -0.25) is 4.79 Å². The molecule has 0 saturated carbocycles. The summed E-state index contributed by atoms with van der Waals surface area (Å²) in [5.41, 5.74) is 3.06. The lowest BCUT2D eigenvalue weighted by Crippen LogP contribution is -2.20. The second-order valence-electron chi connectivity index (χ2n) is 5.27. The van der Waals surface area contributed by atoms with Gasteiger partial charge in [-0.25, -0.2) is 0 Å². The minimum atomic E-state index is -0.155. The summed E-state index contributed by atoms with van der Waals surface area (Å²) in [6.45, 7) is 2.44.